The van der Waals surface area contributed by atoms with E-state index >= 15 is 13.2 Å². The first-order valence-electron chi connectivity index (χ1n) is 26.3. The minimum Gasteiger partial charge on any atom is -0.481 e. The molecule has 1 aromatic rings. The minimum absolute atomic E-state index is 0.0756. The van der Waals surface area contributed by atoms with Gasteiger partial charge in [-0.25, -0.2) is 35.1 Å². The third-order valence-electron chi connectivity index (χ3n) is 12.2. The van der Waals surface area contributed by atoms with Crippen LogP contribution in [0.5, 0.6) is 0 Å². The molecule has 3 unspecified atom stereocenters. The minimum atomic E-state index is -5.23. The molecule has 5 atom stereocenters. The van der Waals surface area contributed by atoms with Crippen molar-refractivity contribution in [3.05, 3.63) is 17.5 Å². The zero-order valence-corrected chi connectivity index (χ0v) is 47.8. The van der Waals surface area contributed by atoms with Crippen molar-refractivity contribution in [3.63, 3.8) is 0 Å². The standard InChI is InChI=1S/C47H72F3N13O21S2/c48-36-37(49)41(39(38(50)40(36)86(54,81)82)59-24-7-4-2-1-3-5-8-24)85(79,80)18-11-30(64)55-13-15-84-17-16-83-14-10-31(65)60-29(21-34(70)71)46(78)61-26(9-6-12-56-47(52)53)45(77)63-28(20-33(68)69)43(75)57-22-25(51)42(74)62-27(19-32(66)67)44(76)58-23-35(72)73/h24-29,59H,1-23,51H2,(H,55,64)(H,57,75)(H,58,76)(H,60,65)(H,61,78)(H,62,74)(H,63,77)(H,66,67)(H,68,69)(H,70,71)(H,72,73)(H4,52,53,56)(H2,54,81,82)/t25-,26?,27-,28?,29?/m0/s1. The van der Waals surface area contributed by atoms with Crippen molar-refractivity contribution in [2.45, 2.75) is 136 Å². The highest BCUT2D eigenvalue weighted by molar-refractivity contribution is 7.91. The summed E-state index contributed by atoms with van der Waals surface area (Å²) in [4.78, 5) is 137. The molecule has 0 aromatic heterocycles. The zero-order valence-electron chi connectivity index (χ0n) is 46.2. The summed E-state index contributed by atoms with van der Waals surface area (Å²) >= 11 is 0. The molecule has 0 heterocycles. The number of carbonyl (C=O) groups excluding carboxylic acids is 7. The van der Waals surface area contributed by atoms with Crippen molar-refractivity contribution in [3.8, 4) is 0 Å². The van der Waals surface area contributed by atoms with E-state index in [4.69, 9.17) is 42.0 Å². The van der Waals surface area contributed by atoms with E-state index < -0.39 is 205 Å². The SMILES string of the molecule is NC(N)=NCCCC(NC(=O)C(CC(=O)O)NC(=O)CCOCCOCCNC(=O)CCS(=O)(=O)c1c(F)c(F)c(S(N)(=O)=O)c(F)c1NC1CCCCCCC1)C(=O)NC(CC(=O)O)C(=O)NC[C@H](N)C(=O)N[C@@H](CC(=O)O)C(=O)NCC(=O)O. The van der Waals surface area contributed by atoms with E-state index in [0.717, 1.165) is 19.3 Å². The lowest BCUT2D eigenvalue weighted by molar-refractivity contribution is -0.142. The molecular weight excluding hydrogens is 1200 g/mol. The van der Waals surface area contributed by atoms with Crippen LogP contribution in [0.1, 0.15) is 89.9 Å². The normalized spacial score (nSPS) is 14.6. The highest BCUT2D eigenvalue weighted by Crippen LogP contribution is 2.37. The Kier molecular flexibility index (Phi) is 31.7. The molecule has 0 bridgehead atoms. The van der Waals surface area contributed by atoms with Gasteiger partial charge in [-0.1, -0.05) is 32.1 Å². The number of halogens is 3. The van der Waals surface area contributed by atoms with Gasteiger partial charge in [-0.05, 0) is 25.7 Å². The van der Waals surface area contributed by atoms with Gasteiger partial charge in [0, 0.05) is 38.5 Å². The van der Waals surface area contributed by atoms with Crippen LogP contribution in [0.4, 0.5) is 18.9 Å². The van der Waals surface area contributed by atoms with Gasteiger partial charge in [0.25, 0.3) is 0 Å². The number of carboxylic acid groups (broad SMARTS) is 4. The second-order valence-electron chi connectivity index (χ2n) is 19.1. The zero-order chi connectivity index (χ0) is 64.9. The molecule has 7 amide bonds. The lowest BCUT2D eigenvalue weighted by Crippen LogP contribution is -2.58. The van der Waals surface area contributed by atoms with Crippen molar-refractivity contribution in [2.24, 2.45) is 27.3 Å². The van der Waals surface area contributed by atoms with E-state index in [0.29, 0.717) is 25.7 Å². The third-order valence-corrected chi connectivity index (χ3v) is 14.9. The van der Waals surface area contributed by atoms with Crippen LogP contribution in [0.3, 0.4) is 0 Å². The molecule has 1 aliphatic carbocycles. The fourth-order valence-electron chi connectivity index (χ4n) is 7.99. The molecule has 86 heavy (non-hydrogen) atoms. The predicted octanol–water partition coefficient (Wildman–Crippen LogP) is -4.96. The lowest BCUT2D eigenvalue weighted by Gasteiger charge is -2.25. The van der Waals surface area contributed by atoms with Gasteiger partial charge in [0.2, 0.25) is 51.4 Å². The second kappa shape index (κ2) is 36.7. The molecule has 0 saturated heterocycles. The number of primary sulfonamides is 1. The Balaban J connectivity index is 1.99. The van der Waals surface area contributed by atoms with Gasteiger partial charge in [-0.2, -0.15) is 0 Å². The number of anilines is 1. The van der Waals surface area contributed by atoms with Crippen molar-refractivity contribution in [2.75, 3.05) is 63.7 Å². The monoisotopic (exact) mass is 1280 g/mol. The number of rotatable bonds is 39. The van der Waals surface area contributed by atoms with Gasteiger partial charge in [0.15, 0.2) is 38.1 Å². The van der Waals surface area contributed by atoms with E-state index in [9.17, 15) is 79.8 Å². The summed E-state index contributed by atoms with van der Waals surface area (Å²) in [6.07, 6.45) is -0.427. The molecule has 0 radical (unpaired) electrons. The number of carbonyl (C=O) groups is 11. The number of hydrogen-bond donors (Lipinski definition) is 16. The van der Waals surface area contributed by atoms with Gasteiger partial charge in [0.1, 0.15) is 41.6 Å². The maximum atomic E-state index is 15.7. The average molecular weight is 1280 g/mol. The highest BCUT2D eigenvalue weighted by Gasteiger charge is 2.38. The van der Waals surface area contributed by atoms with Gasteiger partial charge >= 0.3 is 23.9 Å². The number of guanidine groups is 1. The van der Waals surface area contributed by atoms with Gasteiger partial charge in [-0.3, -0.25) is 57.7 Å². The summed E-state index contributed by atoms with van der Waals surface area (Å²) in [6, 6.07) is -9.74. The number of nitrogens with zero attached hydrogens (tertiary/aromatic N) is 1. The van der Waals surface area contributed by atoms with E-state index in [1.165, 1.54) is 0 Å². The Labute approximate surface area is 489 Å². The van der Waals surface area contributed by atoms with Crippen molar-refractivity contribution in [1.29, 1.82) is 0 Å². The fourth-order valence-corrected chi connectivity index (χ4v) is 10.2. The molecule has 0 spiro atoms. The van der Waals surface area contributed by atoms with Crippen molar-refractivity contribution in [1.82, 2.24) is 37.2 Å². The molecule has 0 aliphatic heterocycles. The Morgan fingerprint density at radius 3 is 1.63 bits per heavy atom. The Hall–Kier alpha value is -8.01. The van der Waals surface area contributed by atoms with Crippen molar-refractivity contribution < 1.29 is 113 Å². The molecule has 39 heteroatoms. The fraction of sp³-hybridized carbons (Fsp3) is 0.617. The van der Waals surface area contributed by atoms with E-state index in [1.54, 1.807) is 0 Å². The maximum absolute atomic E-state index is 15.7. The molecule has 1 aromatic carbocycles. The molecule has 1 aliphatic rings. The first-order valence-corrected chi connectivity index (χ1v) is 29.5. The Bertz CT molecular complexity index is 2860. The number of benzene rings is 1. The predicted molar refractivity (Wildman–Crippen MR) is 289 cm³/mol. The third kappa shape index (κ3) is 27.4. The number of ether oxygens (including phenoxy) is 2. The first kappa shape index (κ1) is 74.1. The molecular formula is C47H72F3N13O21S2. The summed E-state index contributed by atoms with van der Waals surface area (Å²) in [7, 11) is -10.2. The van der Waals surface area contributed by atoms with Gasteiger partial charge < -0.3 is 89.6 Å². The summed E-state index contributed by atoms with van der Waals surface area (Å²) < 4.78 is 108. The van der Waals surface area contributed by atoms with Crippen LogP contribution >= 0.6 is 0 Å². The van der Waals surface area contributed by atoms with Crippen LogP contribution in [0.25, 0.3) is 0 Å². The topological polar surface area (TPSA) is 568 Å². The number of carboxylic acids is 4. The molecule has 20 N–H and O–H groups in total. The van der Waals surface area contributed by atoms with Crippen LogP contribution in [0, 0.1) is 17.5 Å². The number of sulfonamides is 1. The highest BCUT2D eigenvalue weighted by atomic mass is 32.2. The van der Waals surface area contributed by atoms with Crippen LogP contribution in [-0.4, -0.2) is 203 Å². The largest absolute Gasteiger partial charge is 0.481 e. The van der Waals surface area contributed by atoms with Crippen LogP contribution in [-0.2, 0) is 82.1 Å². The molecule has 484 valence electrons. The van der Waals surface area contributed by atoms with Gasteiger partial charge in [-0.15, -0.1) is 0 Å². The Morgan fingerprint density at radius 2 is 1.08 bits per heavy atom. The number of aliphatic carboxylic acids is 4. The van der Waals surface area contributed by atoms with E-state index in [-0.39, 0.29) is 58.3 Å². The first-order chi connectivity index (χ1) is 40.2. The summed E-state index contributed by atoms with van der Waals surface area (Å²) in [5, 5.41) is 59.3. The number of amides is 7. The number of nitrogens with two attached hydrogens (primary N) is 4. The van der Waals surface area contributed by atoms with E-state index in [2.05, 4.69) is 36.9 Å². The second-order valence-corrected chi connectivity index (χ2v) is 22.7. The smallest absolute Gasteiger partial charge is 0.322 e. The average Bonchev–Trinajstić information content (AvgIpc) is 0.803. The molecule has 34 nitrogen and oxygen atoms in total. The van der Waals surface area contributed by atoms with Crippen molar-refractivity contribution >= 4 is 96.7 Å². The quantitative estimate of drug-likeness (QED) is 0.0127. The molecule has 1 saturated carbocycles. The van der Waals surface area contributed by atoms with Crippen LogP contribution in [0.2, 0.25) is 0 Å². The molecule has 1 fully saturated rings. The number of hydrogen-bond acceptors (Lipinski definition) is 20. The van der Waals surface area contributed by atoms with E-state index in [1.807, 2.05) is 10.6 Å². The Morgan fingerprint density at radius 1 is 0.581 bits per heavy atom. The van der Waals surface area contributed by atoms with Crippen LogP contribution in [0.15, 0.2) is 14.8 Å². The number of sulfone groups is 1. The van der Waals surface area contributed by atoms with Crippen LogP contribution < -0.4 is 64.9 Å². The number of nitrogens with one attached hydrogen (secondary N) is 8. The molecule has 2 rings (SSSR count). The number of aliphatic imine (C=N–C) groups is 1. The van der Waals surface area contributed by atoms with Gasteiger partial charge in [0.05, 0.1) is 57.1 Å². The lowest BCUT2D eigenvalue weighted by atomic mass is 9.96. The summed E-state index contributed by atoms with van der Waals surface area (Å²) in [6.45, 7) is -2.98. The maximum Gasteiger partial charge on any atom is 0.322 e. The summed E-state index contributed by atoms with van der Waals surface area (Å²) in [5.41, 5.74) is 15.3. The summed E-state index contributed by atoms with van der Waals surface area (Å²) in [5.74, 6) is -22.4.